The van der Waals surface area contributed by atoms with Crippen molar-refractivity contribution in [3.63, 3.8) is 0 Å². The summed E-state index contributed by atoms with van der Waals surface area (Å²) >= 11 is 0. The molecule has 1 aromatic carbocycles. The number of hydrogen-bond donors (Lipinski definition) is 0. The molecule has 4 heteroatoms. The number of rotatable bonds is 6. The molecule has 1 unspecified atom stereocenters. The summed E-state index contributed by atoms with van der Waals surface area (Å²) in [5, 5.41) is 0. The van der Waals surface area contributed by atoms with Crippen LogP contribution in [0.25, 0.3) is 0 Å². The van der Waals surface area contributed by atoms with E-state index in [1.54, 1.807) is 0 Å². The van der Waals surface area contributed by atoms with E-state index >= 15 is 0 Å². The van der Waals surface area contributed by atoms with Gasteiger partial charge in [0, 0.05) is 6.07 Å². The lowest BCUT2D eigenvalue weighted by atomic mass is 9.85. The van der Waals surface area contributed by atoms with Crippen LogP contribution in [0.15, 0.2) is 24.3 Å². The van der Waals surface area contributed by atoms with Gasteiger partial charge in [0.05, 0.1) is 12.7 Å². The Balaban J connectivity index is 1.41. The van der Waals surface area contributed by atoms with Crippen molar-refractivity contribution in [2.75, 3.05) is 6.61 Å². The van der Waals surface area contributed by atoms with Crippen LogP contribution < -0.4 is 4.74 Å². The highest BCUT2D eigenvalue weighted by atomic mass is 19.2. The SMILES string of the molecule is CCCC1CCC(OCC=CC2CCc3cc(F)c(F)cc3O2)CC1. The lowest BCUT2D eigenvalue weighted by Gasteiger charge is -2.28. The van der Waals surface area contributed by atoms with Gasteiger partial charge >= 0.3 is 0 Å². The maximum atomic E-state index is 13.3. The molecule has 0 saturated heterocycles. The van der Waals surface area contributed by atoms with Gasteiger partial charge in [-0.15, -0.1) is 0 Å². The van der Waals surface area contributed by atoms with Crippen molar-refractivity contribution in [1.29, 1.82) is 0 Å². The molecule has 1 fully saturated rings. The predicted molar refractivity (Wildman–Crippen MR) is 94.8 cm³/mol. The second kappa shape index (κ2) is 8.79. The van der Waals surface area contributed by atoms with E-state index < -0.39 is 11.6 Å². The predicted octanol–water partition coefficient (Wildman–Crippen LogP) is 5.59. The highest BCUT2D eigenvalue weighted by Gasteiger charge is 2.21. The third-order valence-electron chi connectivity index (χ3n) is 5.35. The van der Waals surface area contributed by atoms with E-state index in [1.807, 2.05) is 12.2 Å². The minimum absolute atomic E-state index is 0.0961. The van der Waals surface area contributed by atoms with E-state index in [1.165, 1.54) is 31.7 Å². The second-order valence-corrected chi connectivity index (χ2v) is 7.26. The molecule has 0 radical (unpaired) electrons. The first-order chi connectivity index (χ1) is 12.2. The first-order valence-electron chi connectivity index (χ1n) is 9.58. The van der Waals surface area contributed by atoms with Crippen LogP contribution >= 0.6 is 0 Å². The summed E-state index contributed by atoms with van der Waals surface area (Å²) in [6.07, 6.45) is 13.2. The highest BCUT2D eigenvalue weighted by Crippen LogP contribution is 2.31. The Morgan fingerprint density at radius 2 is 1.88 bits per heavy atom. The molecule has 2 aliphatic rings. The van der Waals surface area contributed by atoms with Crippen LogP contribution in [0.5, 0.6) is 5.75 Å². The van der Waals surface area contributed by atoms with Crippen molar-refractivity contribution >= 4 is 0 Å². The zero-order valence-corrected chi connectivity index (χ0v) is 15.0. The molecule has 1 atom stereocenters. The van der Waals surface area contributed by atoms with Crippen molar-refractivity contribution in [3.05, 3.63) is 41.5 Å². The monoisotopic (exact) mass is 350 g/mol. The topological polar surface area (TPSA) is 18.5 Å². The summed E-state index contributed by atoms with van der Waals surface area (Å²) < 4.78 is 38.3. The fraction of sp³-hybridized carbons (Fsp3) is 0.619. The Labute approximate surface area is 149 Å². The Bertz CT molecular complexity index is 592. The Morgan fingerprint density at radius 3 is 2.64 bits per heavy atom. The molecule has 1 aliphatic carbocycles. The minimum Gasteiger partial charge on any atom is -0.486 e. The largest absolute Gasteiger partial charge is 0.486 e. The van der Waals surface area contributed by atoms with E-state index in [0.29, 0.717) is 24.9 Å². The van der Waals surface area contributed by atoms with Gasteiger partial charge in [-0.2, -0.15) is 0 Å². The third kappa shape index (κ3) is 5.04. The van der Waals surface area contributed by atoms with Crippen LogP contribution in [0, 0.1) is 17.6 Å². The van der Waals surface area contributed by atoms with Gasteiger partial charge in [-0.1, -0.05) is 25.8 Å². The van der Waals surface area contributed by atoms with E-state index in [4.69, 9.17) is 9.47 Å². The Hall–Kier alpha value is -1.42. The van der Waals surface area contributed by atoms with Crippen molar-refractivity contribution < 1.29 is 18.3 Å². The summed E-state index contributed by atoms with van der Waals surface area (Å²) in [4.78, 5) is 0. The van der Waals surface area contributed by atoms with E-state index in [-0.39, 0.29) is 6.10 Å². The third-order valence-corrected chi connectivity index (χ3v) is 5.35. The average Bonchev–Trinajstić information content (AvgIpc) is 2.61. The molecule has 1 saturated carbocycles. The maximum absolute atomic E-state index is 13.3. The molecule has 0 amide bonds. The molecule has 138 valence electrons. The molecule has 0 aromatic heterocycles. The number of fused-ring (bicyclic) bond motifs is 1. The number of ether oxygens (including phenoxy) is 2. The van der Waals surface area contributed by atoms with Gasteiger partial charge in [0.15, 0.2) is 11.6 Å². The molecular formula is C21H28F2O2. The van der Waals surface area contributed by atoms with Gasteiger partial charge in [-0.3, -0.25) is 0 Å². The Kier molecular flexibility index (Phi) is 6.46. The first-order valence-corrected chi connectivity index (χ1v) is 9.58. The van der Waals surface area contributed by atoms with Crippen molar-refractivity contribution in [1.82, 2.24) is 0 Å². The van der Waals surface area contributed by atoms with Gasteiger partial charge in [0.2, 0.25) is 0 Å². The second-order valence-electron chi connectivity index (χ2n) is 7.26. The number of hydrogen-bond acceptors (Lipinski definition) is 2. The molecule has 2 nitrogen and oxygen atoms in total. The van der Waals surface area contributed by atoms with Crippen molar-refractivity contribution in [2.45, 2.75) is 70.5 Å². The van der Waals surface area contributed by atoms with Gasteiger partial charge in [-0.25, -0.2) is 8.78 Å². The van der Waals surface area contributed by atoms with Gasteiger partial charge in [0.1, 0.15) is 11.9 Å². The van der Waals surface area contributed by atoms with Gasteiger partial charge in [-0.05, 0) is 62.1 Å². The first kappa shape index (κ1) is 18.4. The molecule has 1 heterocycles. The summed E-state index contributed by atoms with van der Waals surface area (Å²) in [6.45, 7) is 2.84. The number of benzene rings is 1. The van der Waals surface area contributed by atoms with Crippen LogP contribution in [0.2, 0.25) is 0 Å². The smallest absolute Gasteiger partial charge is 0.162 e. The van der Waals surface area contributed by atoms with E-state index in [2.05, 4.69) is 6.92 Å². The summed E-state index contributed by atoms with van der Waals surface area (Å²) in [6, 6.07) is 2.39. The molecule has 0 bridgehead atoms. The van der Waals surface area contributed by atoms with Crippen molar-refractivity contribution in [3.8, 4) is 5.75 Å². The maximum Gasteiger partial charge on any atom is 0.162 e. The van der Waals surface area contributed by atoms with E-state index in [0.717, 1.165) is 36.8 Å². The molecule has 1 aromatic rings. The molecular weight excluding hydrogens is 322 g/mol. The fourth-order valence-corrected chi connectivity index (χ4v) is 3.92. The average molecular weight is 350 g/mol. The normalized spacial score (nSPS) is 26.4. The lowest BCUT2D eigenvalue weighted by molar-refractivity contribution is 0.0332. The van der Waals surface area contributed by atoms with Gasteiger partial charge < -0.3 is 9.47 Å². The number of aryl methyl sites for hydroxylation is 1. The van der Waals surface area contributed by atoms with Gasteiger partial charge in [0.25, 0.3) is 0 Å². The zero-order chi connectivity index (χ0) is 17.6. The summed E-state index contributed by atoms with van der Waals surface area (Å²) in [5.74, 6) is -0.319. The summed E-state index contributed by atoms with van der Waals surface area (Å²) in [7, 11) is 0. The number of halogens is 2. The van der Waals surface area contributed by atoms with E-state index in [9.17, 15) is 8.78 Å². The zero-order valence-electron chi connectivity index (χ0n) is 15.0. The standard InChI is InChI=1S/C21H28F2O2/c1-2-4-15-6-9-17(10-7-15)24-12-3-5-18-11-8-16-13-19(22)20(23)14-21(16)25-18/h3,5,13-15,17-18H,2,4,6-12H2,1H3. The Morgan fingerprint density at radius 1 is 1.12 bits per heavy atom. The van der Waals surface area contributed by atoms with Crippen LogP contribution in [0.1, 0.15) is 57.4 Å². The fourth-order valence-electron chi connectivity index (χ4n) is 3.92. The van der Waals surface area contributed by atoms with Crippen LogP contribution in [-0.4, -0.2) is 18.8 Å². The van der Waals surface area contributed by atoms with Crippen LogP contribution in [0.3, 0.4) is 0 Å². The van der Waals surface area contributed by atoms with Crippen molar-refractivity contribution in [2.24, 2.45) is 5.92 Å². The quantitative estimate of drug-likeness (QED) is 0.623. The lowest BCUT2D eigenvalue weighted by Crippen LogP contribution is -2.22. The molecule has 0 spiro atoms. The summed E-state index contributed by atoms with van der Waals surface area (Å²) in [5.41, 5.74) is 0.739. The molecule has 0 N–H and O–H groups in total. The minimum atomic E-state index is -0.856. The molecule has 1 aliphatic heterocycles. The van der Waals surface area contributed by atoms with Crippen LogP contribution in [0.4, 0.5) is 8.78 Å². The van der Waals surface area contributed by atoms with Crippen LogP contribution in [-0.2, 0) is 11.2 Å². The molecule has 25 heavy (non-hydrogen) atoms. The molecule has 3 rings (SSSR count). The highest BCUT2D eigenvalue weighted by molar-refractivity contribution is 5.37.